The van der Waals surface area contributed by atoms with E-state index in [-0.39, 0.29) is 0 Å². The van der Waals surface area contributed by atoms with E-state index in [1.165, 1.54) is 0 Å². The molecule has 1 atom stereocenters. The average molecular weight is 204 g/mol. The summed E-state index contributed by atoms with van der Waals surface area (Å²) in [5.41, 5.74) is 7.73. The molecule has 0 aliphatic carbocycles. The third-order valence-electron chi connectivity index (χ3n) is 2.49. The van der Waals surface area contributed by atoms with Crippen LogP contribution in [-0.4, -0.2) is 12.6 Å². The van der Waals surface area contributed by atoms with Crippen molar-refractivity contribution in [2.45, 2.75) is 26.3 Å². The molecule has 0 unspecified atom stereocenters. The Labute approximate surface area is 92.2 Å². The second kappa shape index (κ2) is 6.25. The van der Waals surface area contributed by atoms with E-state index in [2.05, 4.69) is 31.3 Å². The molecule has 1 aromatic carbocycles. The van der Waals surface area contributed by atoms with Gasteiger partial charge in [0.25, 0.3) is 0 Å². The maximum Gasteiger partial charge on any atom is 0.0387 e. The van der Waals surface area contributed by atoms with Gasteiger partial charge in [-0.05, 0) is 25.0 Å². The van der Waals surface area contributed by atoms with E-state index >= 15 is 0 Å². The molecule has 0 saturated heterocycles. The van der Waals surface area contributed by atoms with Crippen LogP contribution in [0.2, 0.25) is 0 Å². The van der Waals surface area contributed by atoms with Gasteiger partial charge in [-0.3, -0.25) is 0 Å². The van der Waals surface area contributed by atoms with Crippen molar-refractivity contribution in [1.82, 2.24) is 5.32 Å². The Bertz CT molecular complexity index is 318. The van der Waals surface area contributed by atoms with Crippen LogP contribution in [0.4, 0.5) is 5.69 Å². The number of para-hydroxylation sites is 1. The van der Waals surface area contributed by atoms with E-state index in [1.807, 2.05) is 24.3 Å². The average Bonchev–Trinajstić information content (AvgIpc) is 2.26. The molecule has 0 amide bonds. The first-order valence-electron chi connectivity index (χ1n) is 5.48. The molecule has 0 fully saturated rings. The molecule has 82 valence electrons. The summed E-state index contributed by atoms with van der Waals surface area (Å²) in [5.74, 6) is 0. The quantitative estimate of drug-likeness (QED) is 0.724. The number of hydrogen-bond donors (Lipinski definition) is 2. The highest BCUT2D eigenvalue weighted by atomic mass is 14.9. The molecule has 0 bridgehead atoms. The Balaban J connectivity index is 2.42. The predicted molar refractivity (Wildman–Crippen MR) is 67.6 cm³/mol. The van der Waals surface area contributed by atoms with Crippen molar-refractivity contribution in [3.05, 3.63) is 35.9 Å². The van der Waals surface area contributed by atoms with Gasteiger partial charge in [-0.1, -0.05) is 37.3 Å². The zero-order valence-electron chi connectivity index (χ0n) is 9.53. The lowest BCUT2D eigenvalue weighted by atomic mass is 10.1. The van der Waals surface area contributed by atoms with Crippen molar-refractivity contribution >= 4 is 11.8 Å². The summed E-state index contributed by atoms with van der Waals surface area (Å²) in [5, 5.41) is 3.39. The summed E-state index contributed by atoms with van der Waals surface area (Å²) in [6.45, 7) is 5.25. The van der Waals surface area contributed by atoms with Gasteiger partial charge in [-0.2, -0.15) is 0 Å². The number of nitrogens with one attached hydrogen (secondary N) is 1. The molecule has 0 aromatic heterocycles. The zero-order valence-corrected chi connectivity index (χ0v) is 9.53. The van der Waals surface area contributed by atoms with Crippen LogP contribution >= 0.6 is 0 Å². The molecule has 0 radical (unpaired) electrons. The standard InChI is InChI=1S/C13H20N2/c1-3-11(2)15-10-6-8-12-7-4-5-9-13(12)14/h4-9,11,15H,3,10,14H2,1-2H3/b8-6+/t11-/m0/s1. The summed E-state index contributed by atoms with van der Waals surface area (Å²) in [6, 6.07) is 8.46. The molecule has 0 saturated carbocycles. The maximum absolute atomic E-state index is 5.82. The smallest absolute Gasteiger partial charge is 0.0387 e. The minimum absolute atomic E-state index is 0.572. The molecule has 0 heterocycles. The lowest BCUT2D eigenvalue weighted by molar-refractivity contribution is 0.568. The largest absolute Gasteiger partial charge is 0.398 e. The molecule has 0 spiro atoms. The molecule has 2 nitrogen and oxygen atoms in total. The molecule has 1 rings (SSSR count). The van der Waals surface area contributed by atoms with Crippen LogP contribution in [0.25, 0.3) is 6.08 Å². The number of rotatable bonds is 5. The number of benzene rings is 1. The Morgan fingerprint density at radius 2 is 2.13 bits per heavy atom. The van der Waals surface area contributed by atoms with E-state index in [0.29, 0.717) is 6.04 Å². The number of nitrogen functional groups attached to an aromatic ring is 1. The van der Waals surface area contributed by atoms with Crippen molar-refractivity contribution in [3.8, 4) is 0 Å². The first kappa shape index (κ1) is 11.8. The number of nitrogens with two attached hydrogens (primary N) is 1. The summed E-state index contributed by atoms with van der Waals surface area (Å²) in [7, 11) is 0. The number of hydrogen-bond acceptors (Lipinski definition) is 2. The van der Waals surface area contributed by atoms with Crippen LogP contribution < -0.4 is 11.1 Å². The van der Waals surface area contributed by atoms with Gasteiger partial charge in [0.15, 0.2) is 0 Å². The minimum atomic E-state index is 0.572. The molecule has 0 aliphatic rings. The summed E-state index contributed by atoms with van der Waals surface area (Å²) in [4.78, 5) is 0. The van der Waals surface area contributed by atoms with E-state index in [4.69, 9.17) is 5.73 Å². The molecule has 0 aliphatic heterocycles. The van der Waals surface area contributed by atoms with Crippen molar-refractivity contribution in [3.63, 3.8) is 0 Å². The van der Waals surface area contributed by atoms with Gasteiger partial charge in [0.1, 0.15) is 0 Å². The highest BCUT2D eigenvalue weighted by molar-refractivity contribution is 5.64. The fourth-order valence-electron chi connectivity index (χ4n) is 1.26. The third kappa shape index (κ3) is 4.17. The van der Waals surface area contributed by atoms with E-state index < -0.39 is 0 Å². The highest BCUT2D eigenvalue weighted by Crippen LogP contribution is 2.11. The summed E-state index contributed by atoms with van der Waals surface area (Å²) < 4.78 is 0. The Kier molecular flexibility index (Phi) is 4.91. The summed E-state index contributed by atoms with van der Waals surface area (Å²) >= 11 is 0. The fraction of sp³-hybridized carbons (Fsp3) is 0.385. The van der Waals surface area contributed by atoms with E-state index in [9.17, 15) is 0 Å². The van der Waals surface area contributed by atoms with Crippen molar-refractivity contribution < 1.29 is 0 Å². The van der Waals surface area contributed by atoms with Crippen molar-refractivity contribution in [2.24, 2.45) is 0 Å². The maximum atomic E-state index is 5.82. The van der Waals surface area contributed by atoms with E-state index in [1.54, 1.807) is 0 Å². The third-order valence-corrected chi connectivity index (χ3v) is 2.49. The second-order valence-electron chi connectivity index (χ2n) is 3.75. The van der Waals surface area contributed by atoms with Crippen LogP contribution in [-0.2, 0) is 0 Å². The van der Waals surface area contributed by atoms with Gasteiger partial charge in [0, 0.05) is 18.3 Å². The molecular weight excluding hydrogens is 184 g/mol. The molecule has 2 heteroatoms. The lowest BCUT2D eigenvalue weighted by Crippen LogP contribution is -2.24. The Hall–Kier alpha value is -1.28. The highest BCUT2D eigenvalue weighted by Gasteiger charge is 1.94. The van der Waals surface area contributed by atoms with Crippen LogP contribution in [0.1, 0.15) is 25.8 Å². The van der Waals surface area contributed by atoms with Gasteiger partial charge in [-0.15, -0.1) is 0 Å². The fourth-order valence-corrected chi connectivity index (χ4v) is 1.26. The van der Waals surface area contributed by atoms with Gasteiger partial charge in [-0.25, -0.2) is 0 Å². The topological polar surface area (TPSA) is 38.0 Å². The molecule has 3 N–H and O–H groups in total. The van der Waals surface area contributed by atoms with Crippen LogP contribution in [0.3, 0.4) is 0 Å². The predicted octanol–water partition coefficient (Wildman–Crippen LogP) is 2.67. The Morgan fingerprint density at radius 3 is 2.80 bits per heavy atom. The van der Waals surface area contributed by atoms with Crippen LogP contribution in [0.5, 0.6) is 0 Å². The molecule has 1 aromatic rings. The van der Waals surface area contributed by atoms with Crippen LogP contribution in [0.15, 0.2) is 30.3 Å². The second-order valence-corrected chi connectivity index (χ2v) is 3.75. The first-order valence-corrected chi connectivity index (χ1v) is 5.48. The normalized spacial score (nSPS) is 13.2. The van der Waals surface area contributed by atoms with E-state index in [0.717, 1.165) is 24.2 Å². The van der Waals surface area contributed by atoms with Gasteiger partial charge in [0.2, 0.25) is 0 Å². The number of anilines is 1. The van der Waals surface area contributed by atoms with Gasteiger partial charge >= 0.3 is 0 Å². The van der Waals surface area contributed by atoms with Crippen molar-refractivity contribution in [1.29, 1.82) is 0 Å². The monoisotopic (exact) mass is 204 g/mol. The first-order chi connectivity index (χ1) is 7.24. The lowest BCUT2D eigenvalue weighted by Gasteiger charge is -2.08. The molecular formula is C13H20N2. The Morgan fingerprint density at radius 1 is 1.40 bits per heavy atom. The van der Waals surface area contributed by atoms with Gasteiger partial charge in [0.05, 0.1) is 0 Å². The summed E-state index contributed by atoms with van der Waals surface area (Å²) in [6.07, 6.45) is 5.32. The van der Waals surface area contributed by atoms with Crippen LogP contribution in [0, 0.1) is 0 Å². The zero-order chi connectivity index (χ0) is 11.1. The van der Waals surface area contributed by atoms with Gasteiger partial charge < -0.3 is 11.1 Å². The molecule has 15 heavy (non-hydrogen) atoms. The van der Waals surface area contributed by atoms with Crippen molar-refractivity contribution in [2.75, 3.05) is 12.3 Å². The minimum Gasteiger partial charge on any atom is -0.398 e. The SMILES string of the molecule is CC[C@H](C)NC/C=C/c1ccccc1N.